The Morgan fingerprint density at radius 1 is 1.03 bits per heavy atom. The van der Waals surface area contributed by atoms with Crippen molar-refractivity contribution in [3.8, 4) is 11.1 Å². The van der Waals surface area contributed by atoms with E-state index in [1.165, 1.54) is 0 Å². The molecule has 3 aromatic rings. The summed E-state index contributed by atoms with van der Waals surface area (Å²) >= 11 is 6.50. The lowest BCUT2D eigenvalue weighted by molar-refractivity contribution is -0.143. The molecule has 0 saturated carbocycles. The number of nitrogens with one attached hydrogen (secondary N) is 2. The van der Waals surface area contributed by atoms with Crippen LogP contribution in [0, 0.1) is 0 Å². The first kappa shape index (κ1) is 21.5. The number of amides is 1. The number of hydrogen-bond acceptors (Lipinski definition) is 4. The molecule has 0 fully saturated rings. The van der Waals surface area contributed by atoms with Gasteiger partial charge in [-0.2, -0.15) is 0 Å². The van der Waals surface area contributed by atoms with Crippen LogP contribution in [0.3, 0.4) is 0 Å². The van der Waals surface area contributed by atoms with Crippen LogP contribution in [0.1, 0.15) is 29.8 Å². The predicted octanol–water partition coefficient (Wildman–Crippen LogP) is 4.61. The maximum absolute atomic E-state index is 12.7. The number of aliphatic carboxylic acids is 1. The molecule has 1 amide bonds. The number of halogens is 1. The van der Waals surface area contributed by atoms with Crippen LogP contribution in [-0.2, 0) is 11.3 Å². The zero-order valence-corrected chi connectivity index (χ0v) is 17.4. The first-order chi connectivity index (χ1) is 14.3. The third kappa shape index (κ3) is 5.03. The summed E-state index contributed by atoms with van der Waals surface area (Å²) in [5.74, 6) is -0.917. The summed E-state index contributed by atoms with van der Waals surface area (Å²) in [5.41, 5.74) is 1.81. The van der Waals surface area contributed by atoms with Crippen molar-refractivity contribution in [2.24, 2.45) is 0 Å². The molecular formula is C23H22ClN3O3. The van der Waals surface area contributed by atoms with Gasteiger partial charge in [0.05, 0.1) is 10.6 Å². The van der Waals surface area contributed by atoms with Gasteiger partial charge in [-0.1, -0.05) is 60.1 Å². The summed E-state index contributed by atoms with van der Waals surface area (Å²) in [6, 6.07) is 18.4. The van der Waals surface area contributed by atoms with E-state index in [1.54, 1.807) is 44.3 Å². The molecule has 1 heterocycles. The smallest absolute Gasteiger partial charge is 0.323 e. The standard InChI is InChI=1S/C23H22ClN3O3/c1-23(2,22(29)30)26-14-15-11-12-19(25-13-15)27-21(28)18-10-6-9-17(20(18)24)16-7-4-3-5-8-16/h3-13,26H,14H2,1-2H3,(H,29,30)(H,25,27,28). The summed E-state index contributed by atoms with van der Waals surface area (Å²) in [7, 11) is 0. The quantitative estimate of drug-likeness (QED) is 0.516. The van der Waals surface area contributed by atoms with E-state index in [-0.39, 0.29) is 5.91 Å². The Bertz CT molecular complexity index is 1050. The molecule has 0 unspecified atom stereocenters. The van der Waals surface area contributed by atoms with E-state index >= 15 is 0 Å². The van der Waals surface area contributed by atoms with Gasteiger partial charge in [-0.25, -0.2) is 4.98 Å². The monoisotopic (exact) mass is 423 g/mol. The number of anilines is 1. The van der Waals surface area contributed by atoms with Crippen LogP contribution in [0.25, 0.3) is 11.1 Å². The van der Waals surface area contributed by atoms with Gasteiger partial charge in [0.2, 0.25) is 0 Å². The maximum atomic E-state index is 12.7. The molecule has 0 aliphatic carbocycles. The fourth-order valence-corrected chi connectivity index (χ4v) is 3.05. The fraction of sp³-hybridized carbons (Fsp3) is 0.174. The molecule has 1 aromatic heterocycles. The molecular weight excluding hydrogens is 402 g/mol. The average Bonchev–Trinajstić information content (AvgIpc) is 2.74. The number of pyridine rings is 1. The van der Waals surface area contributed by atoms with Crippen molar-refractivity contribution in [1.82, 2.24) is 10.3 Å². The highest BCUT2D eigenvalue weighted by atomic mass is 35.5. The number of benzene rings is 2. The van der Waals surface area contributed by atoms with Crippen LogP contribution < -0.4 is 10.6 Å². The summed E-state index contributed by atoms with van der Waals surface area (Å²) < 4.78 is 0. The van der Waals surface area contributed by atoms with Crippen LogP contribution in [0.4, 0.5) is 5.82 Å². The van der Waals surface area contributed by atoms with Crippen LogP contribution in [0.15, 0.2) is 66.9 Å². The fourth-order valence-electron chi connectivity index (χ4n) is 2.73. The van der Waals surface area contributed by atoms with Gasteiger partial charge in [0.1, 0.15) is 11.4 Å². The minimum Gasteiger partial charge on any atom is -0.480 e. The SMILES string of the molecule is CC(C)(NCc1ccc(NC(=O)c2cccc(-c3ccccc3)c2Cl)nc1)C(=O)O. The highest BCUT2D eigenvalue weighted by Gasteiger charge is 2.25. The lowest BCUT2D eigenvalue weighted by Crippen LogP contribution is -2.46. The molecule has 3 N–H and O–H groups in total. The second kappa shape index (κ2) is 9.07. The van der Waals surface area contributed by atoms with Crippen LogP contribution in [0.5, 0.6) is 0 Å². The number of carboxylic acids is 1. The first-order valence-corrected chi connectivity index (χ1v) is 9.74. The van der Waals surface area contributed by atoms with Crippen LogP contribution in [-0.4, -0.2) is 27.5 Å². The van der Waals surface area contributed by atoms with Crippen molar-refractivity contribution >= 4 is 29.3 Å². The van der Waals surface area contributed by atoms with E-state index in [1.807, 2.05) is 36.4 Å². The topological polar surface area (TPSA) is 91.3 Å². The number of carbonyl (C=O) groups excluding carboxylic acids is 1. The summed E-state index contributed by atoms with van der Waals surface area (Å²) in [5, 5.41) is 15.2. The van der Waals surface area contributed by atoms with Gasteiger partial charge >= 0.3 is 5.97 Å². The van der Waals surface area contributed by atoms with E-state index in [0.717, 1.165) is 16.7 Å². The molecule has 7 heteroatoms. The van der Waals surface area contributed by atoms with Crippen molar-refractivity contribution in [3.63, 3.8) is 0 Å². The van der Waals surface area contributed by atoms with Gasteiger partial charge in [-0.15, -0.1) is 0 Å². The van der Waals surface area contributed by atoms with Gasteiger partial charge in [0.15, 0.2) is 0 Å². The van der Waals surface area contributed by atoms with Gasteiger partial charge in [0, 0.05) is 18.3 Å². The average molecular weight is 424 g/mol. The summed E-state index contributed by atoms with van der Waals surface area (Å²) in [6.45, 7) is 3.51. The molecule has 0 bridgehead atoms. The Hall–Kier alpha value is -3.22. The maximum Gasteiger partial charge on any atom is 0.323 e. The van der Waals surface area contributed by atoms with E-state index in [4.69, 9.17) is 16.7 Å². The second-order valence-electron chi connectivity index (χ2n) is 7.32. The number of hydrogen-bond donors (Lipinski definition) is 3. The number of aromatic nitrogens is 1. The summed E-state index contributed by atoms with van der Waals surface area (Å²) in [6.07, 6.45) is 1.59. The van der Waals surface area contributed by atoms with Crippen molar-refractivity contribution in [3.05, 3.63) is 83.0 Å². The van der Waals surface area contributed by atoms with Gasteiger partial charge in [-0.3, -0.25) is 14.9 Å². The molecule has 0 atom stereocenters. The second-order valence-corrected chi connectivity index (χ2v) is 7.70. The highest BCUT2D eigenvalue weighted by Crippen LogP contribution is 2.31. The molecule has 154 valence electrons. The number of rotatable bonds is 7. The molecule has 6 nitrogen and oxygen atoms in total. The number of nitrogens with zero attached hydrogens (tertiary/aromatic N) is 1. The van der Waals surface area contributed by atoms with Gasteiger partial charge in [0.25, 0.3) is 5.91 Å². The van der Waals surface area contributed by atoms with E-state index in [9.17, 15) is 9.59 Å². The van der Waals surface area contributed by atoms with Crippen molar-refractivity contribution in [2.75, 3.05) is 5.32 Å². The van der Waals surface area contributed by atoms with Crippen molar-refractivity contribution in [2.45, 2.75) is 25.9 Å². The Balaban J connectivity index is 1.70. The molecule has 0 spiro atoms. The van der Waals surface area contributed by atoms with Gasteiger partial charge in [-0.05, 0) is 37.1 Å². The number of carboxylic acid groups (broad SMARTS) is 1. The summed E-state index contributed by atoms with van der Waals surface area (Å²) in [4.78, 5) is 28.1. The molecule has 30 heavy (non-hydrogen) atoms. The molecule has 2 aromatic carbocycles. The van der Waals surface area contributed by atoms with E-state index in [0.29, 0.717) is 22.9 Å². The normalized spacial score (nSPS) is 11.2. The van der Waals surface area contributed by atoms with Crippen LogP contribution in [0.2, 0.25) is 5.02 Å². The van der Waals surface area contributed by atoms with Gasteiger partial charge < -0.3 is 10.4 Å². The highest BCUT2D eigenvalue weighted by molar-refractivity contribution is 6.37. The third-order valence-corrected chi connectivity index (χ3v) is 5.07. The molecule has 0 aliphatic rings. The van der Waals surface area contributed by atoms with Crippen molar-refractivity contribution in [1.29, 1.82) is 0 Å². The Kier molecular flexibility index (Phi) is 6.50. The number of carbonyl (C=O) groups is 2. The first-order valence-electron chi connectivity index (χ1n) is 9.36. The largest absolute Gasteiger partial charge is 0.480 e. The Labute approximate surface area is 179 Å². The van der Waals surface area contributed by atoms with E-state index in [2.05, 4.69) is 15.6 Å². The Morgan fingerprint density at radius 2 is 1.77 bits per heavy atom. The zero-order chi connectivity index (χ0) is 21.7. The molecule has 3 rings (SSSR count). The van der Waals surface area contributed by atoms with Crippen LogP contribution >= 0.6 is 11.6 Å². The molecule has 0 radical (unpaired) electrons. The lowest BCUT2D eigenvalue weighted by Gasteiger charge is -2.20. The van der Waals surface area contributed by atoms with Crippen molar-refractivity contribution < 1.29 is 14.7 Å². The predicted molar refractivity (Wildman–Crippen MR) is 118 cm³/mol. The Morgan fingerprint density at radius 3 is 2.40 bits per heavy atom. The molecule has 0 aliphatic heterocycles. The minimum absolute atomic E-state index is 0.339. The third-order valence-electron chi connectivity index (χ3n) is 4.66. The minimum atomic E-state index is -1.05. The van der Waals surface area contributed by atoms with E-state index < -0.39 is 11.5 Å². The molecule has 0 saturated heterocycles. The lowest BCUT2D eigenvalue weighted by atomic mass is 10.0. The zero-order valence-electron chi connectivity index (χ0n) is 16.6.